The largest absolute Gasteiger partial charge is 0.397 e. The van der Waals surface area contributed by atoms with Crippen LogP contribution in [0, 0.1) is 11.8 Å². The van der Waals surface area contributed by atoms with Crippen molar-refractivity contribution in [3.63, 3.8) is 0 Å². The number of carbonyl (C=O) groups excluding carboxylic acids is 1. The molecule has 1 amide bonds. The first-order chi connectivity index (χ1) is 6.09. The number of anilines is 2. The van der Waals surface area contributed by atoms with Crippen molar-refractivity contribution in [2.75, 3.05) is 11.5 Å². The summed E-state index contributed by atoms with van der Waals surface area (Å²) in [5, 5.41) is 0. The summed E-state index contributed by atoms with van der Waals surface area (Å²) >= 11 is 0. The topological polar surface area (TPSA) is 95.1 Å². The highest BCUT2D eigenvalue weighted by Crippen LogP contribution is 2.14. The van der Waals surface area contributed by atoms with Crippen molar-refractivity contribution in [2.24, 2.45) is 5.73 Å². The Morgan fingerprint density at radius 3 is 2.46 bits per heavy atom. The number of hydrogen-bond acceptors (Lipinski definition) is 3. The molecule has 0 saturated carbocycles. The van der Waals surface area contributed by atoms with Crippen LogP contribution in [0.15, 0.2) is 18.2 Å². The van der Waals surface area contributed by atoms with E-state index in [1.807, 2.05) is 0 Å². The van der Waals surface area contributed by atoms with Crippen molar-refractivity contribution >= 4 is 17.3 Å². The maximum atomic E-state index is 10.3. The van der Waals surface area contributed by atoms with E-state index in [0.717, 1.165) is 0 Å². The van der Waals surface area contributed by atoms with E-state index in [-0.39, 0.29) is 0 Å². The molecule has 0 fully saturated rings. The normalized spacial score (nSPS) is 8.62. The van der Waals surface area contributed by atoms with Gasteiger partial charge in [0.2, 0.25) is 0 Å². The average Bonchev–Trinajstić information content (AvgIpc) is 2.07. The van der Waals surface area contributed by atoms with Crippen LogP contribution in [-0.4, -0.2) is 5.91 Å². The fourth-order valence-electron chi connectivity index (χ4n) is 0.786. The first kappa shape index (κ1) is 8.94. The summed E-state index contributed by atoms with van der Waals surface area (Å²) in [5.74, 6) is 4.08. The number of amides is 1. The molecule has 0 bridgehead atoms. The Bertz CT molecular complexity index is 401. The van der Waals surface area contributed by atoms with Crippen LogP contribution in [0.5, 0.6) is 0 Å². The molecule has 4 nitrogen and oxygen atoms in total. The van der Waals surface area contributed by atoms with Crippen LogP contribution in [0.3, 0.4) is 0 Å². The minimum Gasteiger partial charge on any atom is -0.397 e. The van der Waals surface area contributed by atoms with Crippen molar-refractivity contribution in [3.05, 3.63) is 23.8 Å². The van der Waals surface area contributed by atoms with Gasteiger partial charge >= 0.3 is 0 Å². The van der Waals surface area contributed by atoms with Crippen molar-refractivity contribution in [3.8, 4) is 11.8 Å². The zero-order valence-corrected chi connectivity index (χ0v) is 6.87. The zero-order chi connectivity index (χ0) is 9.84. The van der Waals surface area contributed by atoms with Gasteiger partial charge in [-0.1, -0.05) is 5.92 Å². The molecule has 1 rings (SSSR count). The molecular weight excluding hydrogens is 166 g/mol. The summed E-state index contributed by atoms with van der Waals surface area (Å²) in [5.41, 5.74) is 17.4. The van der Waals surface area contributed by atoms with Gasteiger partial charge in [0.05, 0.1) is 11.4 Å². The highest BCUT2D eigenvalue weighted by molar-refractivity contribution is 5.92. The molecular formula is C9H9N3O. The number of hydrogen-bond donors (Lipinski definition) is 3. The highest BCUT2D eigenvalue weighted by Gasteiger charge is 1.93. The van der Waals surface area contributed by atoms with Gasteiger partial charge in [0.1, 0.15) is 0 Å². The molecule has 0 aliphatic rings. The standard InChI is InChI=1S/C9H9N3O/c10-7-3-1-6(5-8(7)11)2-4-9(12)13/h1,3,5H,10-11H2,(H2,12,13). The number of nitrogens with two attached hydrogens (primary N) is 3. The lowest BCUT2D eigenvalue weighted by Crippen LogP contribution is -2.06. The first-order valence-corrected chi connectivity index (χ1v) is 3.56. The van der Waals surface area contributed by atoms with E-state index in [4.69, 9.17) is 17.2 Å². The molecule has 0 atom stereocenters. The molecule has 0 aromatic heterocycles. The summed E-state index contributed by atoms with van der Waals surface area (Å²) in [6, 6.07) is 4.88. The Kier molecular flexibility index (Phi) is 2.41. The van der Waals surface area contributed by atoms with Crippen LogP contribution < -0.4 is 17.2 Å². The molecule has 1 aromatic carbocycles. The van der Waals surface area contributed by atoms with Crippen molar-refractivity contribution in [2.45, 2.75) is 0 Å². The predicted molar refractivity (Wildman–Crippen MR) is 51.3 cm³/mol. The van der Waals surface area contributed by atoms with Crippen LogP contribution in [0.2, 0.25) is 0 Å². The van der Waals surface area contributed by atoms with Gasteiger partial charge in [0, 0.05) is 5.56 Å². The smallest absolute Gasteiger partial charge is 0.293 e. The van der Waals surface area contributed by atoms with Crippen LogP contribution in [0.1, 0.15) is 5.56 Å². The van der Waals surface area contributed by atoms with Gasteiger partial charge in [-0.2, -0.15) is 0 Å². The Labute approximate surface area is 75.7 Å². The summed E-state index contributed by atoms with van der Waals surface area (Å²) in [6.45, 7) is 0. The van der Waals surface area contributed by atoms with Gasteiger partial charge in [0.15, 0.2) is 0 Å². The zero-order valence-electron chi connectivity index (χ0n) is 6.87. The molecule has 0 aliphatic carbocycles. The van der Waals surface area contributed by atoms with E-state index in [0.29, 0.717) is 16.9 Å². The third-order valence-electron chi connectivity index (χ3n) is 1.42. The fourth-order valence-corrected chi connectivity index (χ4v) is 0.786. The Morgan fingerprint density at radius 1 is 1.23 bits per heavy atom. The fraction of sp³-hybridized carbons (Fsp3) is 0. The van der Waals surface area contributed by atoms with Gasteiger partial charge in [-0.15, -0.1) is 0 Å². The quantitative estimate of drug-likeness (QED) is 0.372. The number of primary amides is 1. The second-order valence-electron chi connectivity index (χ2n) is 2.46. The molecule has 0 unspecified atom stereocenters. The van der Waals surface area contributed by atoms with Gasteiger partial charge in [0.25, 0.3) is 5.91 Å². The predicted octanol–water partition coefficient (Wildman–Crippen LogP) is -0.312. The monoisotopic (exact) mass is 175 g/mol. The van der Waals surface area contributed by atoms with Crippen molar-refractivity contribution in [1.29, 1.82) is 0 Å². The molecule has 4 heteroatoms. The molecule has 13 heavy (non-hydrogen) atoms. The average molecular weight is 175 g/mol. The molecule has 0 aliphatic heterocycles. The molecule has 1 aromatic rings. The number of carbonyl (C=O) groups is 1. The van der Waals surface area contributed by atoms with E-state index >= 15 is 0 Å². The van der Waals surface area contributed by atoms with Crippen molar-refractivity contribution < 1.29 is 4.79 Å². The lowest BCUT2D eigenvalue weighted by atomic mass is 10.2. The summed E-state index contributed by atoms with van der Waals surface area (Å²) in [6.07, 6.45) is 0. The van der Waals surface area contributed by atoms with Gasteiger partial charge in [-0.25, -0.2) is 0 Å². The number of rotatable bonds is 0. The number of benzene rings is 1. The highest BCUT2D eigenvalue weighted by atomic mass is 16.1. The minimum absolute atomic E-state index is 0.441. The summed E-state index contributed by atoms with van der Waals surface area (Å²) in [4.78, 5) is 10.3. The van der Waals surface area contributed by atoms with E-state index in [1.54, 1.807) is 18.2 Å². The SMILES string of the molecule is NC(=O)C#Cc1ccc(N)c(N)c1. The molecule has 0 heterocycles. The van der Waals surface area contributed by atoms with Crippen LogP contribution in [0.25, 0.3) is 0 Å². The van der Waals surface area contributed by atoms with E-state index in [2.05, 4.69) is 11.8 Å². The maximum absolute atomic E-state index is 10.3. The molecule has 0 radical (unpaired) electrons. The number of nitrogen functional groups attached to an aromatic ring is 2. The van der Waals surface area contributed by atoms with E-state index < -0.39 is 5.91 Å². The lowest BCUT2D eigenvalue weighted by Gasteiger charge is -1.98. The molecule has 0 saturated heterocycles. The molecule has 0 spiro atoms. The summed E-state index contributed by atoms with van der Waals surface area (Å²) < 4.78 is 0. The van der Waals surface area contributed by atoms with Crippen molar-refractivity contribution in [1.82, 2.24) is 0 Å². The Hall–Kier alpha value is -2.15. The van der Waals surface area contributed by atoms with Crippen LogP contribution in [-0.2, 0) is 4.79 Å². The third-order valence-corrected chi connectivity index (χ3v) is 1.42. The Balaban J connectivity index is 3.00. The first-order valence-electron chi connectivity index (χ1n) is 3.56. The van der Waals surface area contributed by atoms with E-state index in [1.165, 1.54) is 0 Å². The second-order valence-corrected chi connectivity index (χ2v) is 2.46. The summed E-state index contributed by atoms with van der Waals surface area (Å²) in [7, 11) is 0. The lowest BCUT2D eigenvalue weighted by molar-refractivity contribution is -0.112. The van der Waals surface area contributed by atoms with Crippen LogP contribution >= 0.6 is 0 Å². The van der Waals surface area contributed by atoms with Gasteiger partial charge in [-0.3, -0.25) is 4.79 Å². The van der Waals surface area contributed by atoms with Gasteiger partial charge in [-0.05, 0) is 24.1 Å². The van der Waals surface area contributed by atoms with Gasteiger partial charge < -0.3 is 17.2 Å². The van der Waals surface area contributed by atoms with Crippen LogP contribution in [0.4, 0.5) is 11.4 Å². The Morgan fingerprint density at radius 2 is 1.92 bits per heavy atom. The maximum Gasteiger partial charge on any atom is 0.293 e. The molecule has 66 valence electrons. The minimum atomic E-state index is -0.671. The third kappa shape index (κ3) is 2.42. The van der Waals surface area contributed by atoms with E-state index in [9.17, 15) is 4.79 Å². The molecule has 6 N–H and O–H groups in total. The second kappa shape index (κ2) is 3.50.